The first-order chi connectivity index (χ1) is 12.8. The second kappa shape index (κ2) is 9.45. The summed E-state index contributed by atoms with van der Waals surface area (Å²) < 4.78 is 39.0. The summed E-state index contributed by atoms with van der Waals surface area (Å²) in [6, 6.07) is 14.1. The van der Waals surface area contributed by atoms with Gasteiger partial charge in [-0.1, -0.05) is 30.3 Å². The predicted octanol–water partition coefficient (Wildman–Crippen LogP) is 4.28. The van der Waals surface area contributed by atoms with Gasteiger partial charge in [0.25, 0.3) is 0 Å². The maximum atomic E-state index is 13.0. The number of halogens is 3. The van der Waals surface area contributed by atoms with E-state index in [2.05, 4.69) is 5.32 Å². The van der Waals surface area contributed by atoms with Crippen molar-refractivity contribution >= 4 is 29.3 Å². The van der Waals surface area contributed by atoms with Gasteiger partial charge in [0.15, 0.2) is 0 Å². The summed E-state index contributed by atoms with van der Waals surface area (Å²) in [6.07, 6.45) is -4.57. The summed E-state index contributed by atoms with van der Waals surface area (Å²) in [7, 11) is 0. The summed E-state index contributed by atoms with van der Waals surface area (Å²) in [5.41, 5.74) is -1.25. The molecule has 8 heteroatoms. The molecule has 4 nitrogen and oxygen atoms in total. The second-order valence-electron chi connectivity index (χ2n) is 5.60. The normalized spacial score (nSPS) is 11.1. The van der Waals surface area contributed by atoms with Crippen LogP contribution in [0.3, 0.4) is 0 Å². The van der Waals surface area contributed by atoms with Gasteiger partial charge in [0, 0.05) is 11.4 Å². The van der Waals surface area contributed by atoms with Gasteiger partial charge in [-0.05, 0) is 31.2 Å². The fourth-order valence-corrected chi connectivity index (χ4v) is 3.15. The van der Waals surface area contributed by atoms with E-state index in [1.807, 2.05) is 30.3 Å². The predicted molar refractivity (Wildman–Crippen MR) is 99.5 cm³/mol. The van der Waals surface area contributed by atoms with Crippen LogP contribution < -0.4 is 5.32 Å². The van der Waals surface area contributed by atoms with E-state index in [-0.39, 0.29) is 30.4 Å². The molecule has 2 amide bonds. The Bertz CT molecular complexity index is 782. The molecule has 0 saturated carbocycles. The molecule has 2 aromatic carbocycles. The molecule has 0 unspecified atom stereocenters. The number of amides is 2. The molecule has 1 N–H and O–H groups in total. The van der Waals surface area contributed by atoms with Gasteiger partial charge in [-0.3, -0.25) is 9.59 Å². The zero-order valence-electron chi connectivity index (χ0n) is 14.6. The Balaban J connectivity index is 1.96. The fraction of sp³-hybridized carbons (Fsp3) is 0.263. The lowest BCUT2D eigenvalue weighted by molar-refractivity contribution is -0.137. The molecule has 0 aromatic heterocycles. The maximum absolute atomic E-state index is 13.0. The van der Waals surface area contributed by atoms with E-state index in [9.17, 15) is 22.8 Å². The summed E-state index contributed by atoms with van der Waals surface area (Å²) in [6.45, 7) is 1.68. The van der Waals surface area contributed by atoms with Crippen molar-refractivity contribution in [3.05, 3.63) is 60.2 Å². The third-order valence-electron chi connectivity index (χ3n) is 3.68. The zero-order chi connectivity index (χ0) is 19.9. The number of alkyl halides is 3. The van der Waals surface area contributed by atoms with Crippen LogP contribution in [0.4, 0.5) is 18.9 Å². The summed E-state index contributed by atoms with van der Waals surface area (Å²) in [4.78, 5) is 26.7. The Morgan fingerprint density at radius 1 is 1.04 bits per heavy atom. The first kappa shape index (κ1) is 20.8. The number of hydrogen-bond acceptors (Lipinski definition) is 3. The van der Waals surface area contributed by atoms with Crippen LogP contribution in [0, 0.1) is 0 Å². The van der Waals surface area contributed by atoms with Gasteiger partial charge in [-0.2, -0.15) is 13.2 Å². The molecule has 27 heavy (non-hydrogen) atoms. The molecule has 0 spiro atoms. The van der Waals surface area contributed by atoms with Crippen molar-refractivity contribution in [2.45, 2.75) is 18.0 Å². The Morgan fingerprint density at radius 3 is 2.30 bits per heavy atom. The molecule has 0 radical (unpaired) electrons. The zero-order valence-corrected chi connectivity index (χ0v) is 15.4. The van der Waals surface area contributed by atoms with Gasteiger partial charge in [0.05, 0.1) is 23.5 Å². The van der Waals surface area contributed by atoms with Crippen LogP contribution in [0.5, 0.6) is 0 Å². The van der Waals surface area contributed by atoms with E-state index < -0.39 is 17.6 Å². The van der Waals surface area contributed by atoms with E-state index in [1.165, 1.54) is 34.9 Å². The van der Waals surface area contributed by atoms with Gasteiger partial charge in [-0.15, -0.1) is 11.8 Å². The molecule has 2 rings (SSSR count). The van der Waals surface area contributed by atoms with Crippen LogP contribution in [0.2, 0.25) is 0 Å². The number of likely N-dealkylation sites (N-methyl/N-ethyl adjacent to an activating group) is 1. The SMILES string of the molecule is CCN(CC(=O)Nc1ccccc1C(F)(F)F)C(=O)CSc1ccccc1. The molecule has 0 aliphatic rings. The van der Waals surface area contributed by atoms with Crippen LogP contribution >= 0.6 is 11.8 Å². The fourth-order valence-electron chi connectivity index (χ4n) is 2.33. The lowest BCUT2D eigenvalue weighted by Crippen LogP contribution is -2.39. The smallest absolute Gasteiger partial charge is 0.333 e. The number of thioether (sulfide) groups is 1. The monoisotopic (exact) mass is 396 g/mol. The minimum atomic E-state index is -4.57. The molecule has 0 saturated heterocycles. The second-order valence-corrected chi connectivity index (χ2v) is 6.65. The average Bonchev–Trinajstić information content (AvgIpc) is 2.64. The van der Waals surface area contributed by atoms with E-state index in [1.54, 1.807) is 6.92 Å². The number of anilines is 1. The number of nitrogens with one attached hydrogen (secondary N) is 1. The highest BCUT2D eigenvalue weighted by Crippen LogP contribution is 2.34. The first-order valence-electron chi connectivity index (χ1n) is 8.23. The average molecular weight is 396 g/mol. The van der Waals surface area contributed by atoms with Crippen molar-refractivity contribution in [1.82, 2.24) is 4.90 Å². The Hall–Kier alpha value is -2.48. The van der Waals surface area contributed by atoms with Gasteiger partial charge in [0.1, 0.15) is 0 Å². The van der Waals surface area contributed by atoms with E-state index in [0.29, 0.717) is 0 Å². The summed E-state index contributed by atoms with van der Waals surface area (Å²) >= 11 is 1.34. The highest BCUT2D eigenvalue weighted by molar-refractivity contribution is 8.00. The summed E-state index contributed by atoms with van der Waals surface area (Å²) in [5, 5.41) is 2.25. The highest BCUT2D eigenvalue weighted by Gasteiger charge is 2.33. The number of carbonyl (C=O) groups is 2. The van der Waals surface area contributed by atoms with Crippen LogP contribution in [0.1, 0.15) is 12.5 Å². The van der Waals surface area contributed by atoms with E-state index in [0.717, 1.165) is 11.0 Å². The topological polar surface area (TPSA) is 49.4 Å². The Kier molecular flexibility index (Phi) is 7.29. The van der Waals surface area contributed by atoms with Crippen molar-refractivity contribution < 1.29 is 22.8 Å². The minimum absolute atomic E-state index is 0.143. The largest absolute Gasteiger partial charge is 0.418 e. The Labute approximate surface area is 159 Å². The molecule has 0 aliphatic carbocycles. The number of para-hydroxylation sites is 1. The van der Waals surface area contributed by atoms with Crippen LogP contribution in [0.25, 0.3) is 0 Å². The standard InChI is InChI=1S/C19H19F3N2O2S/c1-2-24(18(26)13-27-14-8-4-3-5-9-14)12-17(25)23-16-11-7-6-10-15(16)19(20,21)22/h3-11H,2,12-13H2,1H3,(H,23,25). The number of benzene rings is 2. The van der Waals surface area contributed by atoms with Crippen molar-refractivity contribution in [3.63, 3.8) is 0 Å². The number of rotatable bonds is 7. The molecule has 0 heterocycles. The molecule has 0 atom stereocenters. The lowest BCUT2D eigenvalue weighted by Gasteiger charge is -2.21. The molecular formula is C19H19F3N2O2S. The maximum Gasteiger partial charge on any atom is 0.418 e. The third-order valence-corrected chi connectivity index (χ3v) is 4.68. The molecule has 0 aliphatic heterocycles. The van der Waals surface area contributed by atoms with Crippen LogP contribution in [-0.4, -0.2) is 35.6 Å². The van der Waals surface area contributed by atoms with Crippen molar-refractivity contribution in [3.8, 4) is 0 Å². The third kappa shape index (κ3) is 6.32. The molecule has 2 aromatic rings. The minimum Gasteiger partial charge on any atom is -0.333 e. The molecule has 0 fully saturated rings. The van der Waals surface area contributed by atoms with Crippen LogP contribution in [0.15, 0.2) is 59.5 Å². The molecule has 144 valence electrons. The number of carbonyl (C=O) groups excluding carboxylic acids is 2. The van der Waals surface area contributed by atoms with Gasteiger partial charge in [0.2, 0.25) is 11.8 Å². The first-order valence-corrected chi connectivity index (χ1v) is 9.21. The van der Waals surface area contributed by atoms with Gasteiger partial charge in [-0.25, -0.2) is 0 Å². The molecular weight excluding hydrogens is 377 g/mol. The van der Waals surface area contributed by atoms with Crippen molar-refractivity contribution in [1.29, 1.82) is 0 Å². The molecule has 0 bridgehead atoms. The lowest BCUT2D eigenvalue weighted by atomic mass is 10.1. The van der Waals surface area contributed by atoms with Crippen LogP contribution in [-0.2, 0) is 15.8 Å². The summed E-state index contributed by atoms with van der Waals surface area (Å²) in [5.74, 6) is -0.790. The quantitative estimate of drug-likeness (QED) is 0.711. The number of nitrogens with zero attached hydrogens (tertiary/aromatic N) is 1. The van der Waals surface area contributed by atoms with E-state index >= 15 is 0 Å². The van der Waals surface area contributed by atoms with Crippen molar-refractivity contribution in [2.24, 2.45) is 0 Å². The highest BCUT2D eigenvalue weighted by atomic mass is 32.2. The Morgan fingerprint density at radius 2 is 1.67 bits per heavy atom. The van der Waals surface area contributed by atoms with Crippen molar-refractivity contribution in [2.75, 3.05) is 24.2 Å². The van der Waals surface area contributed by atoms with E-state index in [4.69, 9.17) is 0 Å². The van der Waals surface area contributed by atoms with Gasteiger partial charge < -0.3 is 10.2 Å². The van der Waals surface area contributed by atoms with Gasteiger partial charge >= 0.3 is 6.18 Å². The number of hydrogen-bond donors (Lipinski definition) is 1.